The first kappa shape index (κ1) is 23.1. The lowest BCUT2D eigenvalue weighted by Gasteiger charge is -2.18. The van der Waals surface area contributed by atoms with Crippen LogP contribution in [0.4, 0.5) is 5.69 Å². The molecule has 30 heavy (non-hydrogen) atoms. The summed E-state index contributed by atoms with van der Waals surface area (Å²) in [5.74, 6) is -1.17. The van der Waals surface area contributed by atoms with Crippen molar-refractivity contribution in [2.45, 2.75) is 53.1 Å². The second kappa shape index (κ2) is 10.6. The summed E-state index contributed by atoms with van der Waals surface area (Å²) in [6.45, 7) is 9.24. The van der Waals surface area contributed by atoms with Crippen LogP contribution in [0.15, 0.2) is 42.5 Å². The molecule has 0 aliphatic heterocycles. The Morgan fingerprint density at radius 1 is 1.00 bits per heavy atom. The summed E-state index contributed by atoms with van der Waals surface area (Å²) in [5, 5.41) is 5.36. The number of para-hydroxylation sites is 1. The summed E-state index contributed by atoms with van der Waals surface area (Å²) in [4.78, 5) is 36.7. The van der Waals surface area contributed by atoms with E-state index in [1.807, 2.05) is 44.2 Å². The van der Waals surface area contributed by atoms with E-state index < -0.39 is 18.0 Å². The first-order chi connectivity index (χ1) is 14.2. The number of carbonyl (C=O) groups excluding carboxylic acids is 3. The molecule has 0 aliphatic rings. The molecule has 0 bridgehead atoms. The van der Waals surface area contributed by atoms with Crippen molar-refractivity contribution in [3.8, 4) is 0 Å². The predicted molar refractivity (Wildman–Crippen MR) is 118 cm³/mol. The second-order valence-corrected chi connectivity index (χ2v) is 7.50. The summed E-state index contributed by atoms with van der Waals surface area (Å²) in [5.41, 5.74) is 4.29. The molecular weight excluding hydrogens is 380 g/mol. The summed E-state index contributed by atoms with van der Waals surface area (Å²) >= 11 is 0. The Labute approximate surface area is 178 Å². The number of carbonyl (C=O) groups is 3. The van der Waals surface area contributed by atoms with E-state index in [1.54, 1.807) is 12.1 Å². The molecule has 0 saturated heterocycles. The Balaban J connectivity index is 1.89. The molecule has 0 spiro atoms. The largest absolute Gasteiger partial charge is 0.451 e. The SMILES string of the molecule is CC[C@H](C)c1ccccc1NC(=O)[C@@H](C)OC(=O)CNC(=O)c1ccc(C)c(C)c1. The molecule has 160 valence electrons. The van der Waals surface area contributed by atoms with Gasteiger partial charge in [0.1, 0.15) is 6.54 Å². The molecule has 2 atom stereocenters. The van der Waals surface area contributed by atoms with Crippen LogP contribution in [0.25, 0.3) is 0 Å². The van der Waals surface area contributed by atoms with Gasteiger partial charge in [-0.25, -0.2) is 0 Å². The summed E-state index contributed by atoms with van der Waals surface area (Å²) in [7, 11) is 0. The molecule has 2 aromatic carbocycles. The number of nitrogens with one attached hydrogen (secondary N) is 2. The van der Waals surface area contributed by atoms with Crippen molar-refractivity contribution in [1.82, 2.24) is 5.32 Å². The lowest BCUT2D eigenvalue weighted by Crippen LogP contribution is -2.36. The fraction of sp³-hybridized carbons (Fsp3) is 0.375. The monoisotopic (exact) mass is 410 g/mol. The van der Waals surface area contributed by atoms with Crippen molar-refractivity contribution >= 4 is 23.5 Å². The Kier molecular flexibility index (Phi) is 8.16. The van der Waals surface area contributed by atoms with Gasteiger partial charge in [0, 0.05) is 11.3 Å². The van der Waals surface area contributed by atoms with Crippen LogP contribution in [0.1, 0.15) is 60.2 Å². The molecule has 2 amide bonds. The molecule has 0 aromatic heterocycles. The van der Waals surface area contributed by atoms with Gasteiger partial charge in [0.15, 0.2) is 6.10 Å². The van der Waals surface area contributed by atoms with Crippen LogP contribution in [-0.2, 0) is 14.3 Å². The first-order valence-electron chi connectivity index (χ1n) is 10.2. The zero-order chi connectivity index (χ0) is 22.3. The van der Waals surface area contributed by atoms with Crippen LogP contribution in [-0.4, -0.2) is 30.4 Å². The van der Waals surface area contributed by atoms with Gasteiger partial charge in [-0.1, -0.05) is 38.1 Å². The molecule has 2 N–H and O–H groups in total. The topological polar surface area (TPSA) is 84.5 Å². The number of aryl methyl sites for hydroxylation is 2. The number of hydrogen-bond acceptors (Lipinski definition) is 4. The van der Waals surface area contributed by atoms with Crippen molar-refractivity contribution in [2.24, 2.45) is 0 Å². The highest BCUT2D eigenvalue weighted by Gasteiger charge is 2.20. The van der Waals surface area contributed by atoms with Crippen LogP contribution < -0.4 is 10.6 Å². The van der Waals surface area contributed by atoms with E-state index in [1.165, 1.54) is 6.92 Å². The minimum absolute atomic E-state index is 0.292. The zero-order valence-corrected chi connectivity index (χ0v) is 18.2. The lowest BCUT2D eigenvalue weighted by atomic mass is 9.97. The third-order valence-electron chi connectivity index (χ3n) is 5.20. The number of benzene rings is 2. The molecule has 0 radical (unpaired) electrons. The molecule has 0 aliphatic carbocycles. The molecule has 2 aromatic rings. The Morgan fingerprint density at radius 3 is 2.37 bits per heavy atom. The van der Waals surface area contributed by atoms with Crippen molar-refractivity contribution in [3.63, 3.8) is 0 Å². The number of hydrogen-bond donors (Lipinski definition) is 2. The molecule has 6 nitrogen and oxygen atoms in total. The highest BCUT2D eigenvalue weighted by atomic mass is 16.5. The van der Waals surface area contributed by atoms with E-state index in [0.29, 0.717) is 17.2 Å². The van der Waals surface area contributed by atoms with Gasteiger partial charge in [-0.05, 0) is 68.0 Å². The van der Waals surface area contributed by atoms with E-state index in [2.05, 4.69) is 24.5 Å². The van der Waals surface area contributed by atoms with Gasteiger partial charge < -0.3 is 15.4 Å². The third kappa shape index (κ3) is 6.17. The number of ether oxygens (including phenoxy) is 1. The maximum Gasteiger partial charge on any atom is 0.326 e. The van der Waals surface area contributed by atoms with E-state index >= 15 is 0 Å². The third-order valence-corrected chi connectivity index (χ3v) is 5.20. The zero-order valence-electron chi connectivity index (χ0n) is 18.2. The second-order valence-electron chi connectivity index (χ2n) is 7.50. The number of esters is 1. The molecule has 0 fully saturated rings. The lowest BCUT2D eigenvalue weighted by molar-refractivity contribution is -0.152. The maximum absolute atomic E-state index is 12.5. The van der Waals surface area contributed by atoms with Gasteiger partial charge in [0.05, 0.1) is 0 Å². The van der Waals surface area contributed by atoms with Gasteiger partial charge in [0.25, 0.3) is 11.8 Å². The van der Waals surface area contributed by atoms with Crippen molar-refractivity contribution < 1.29 is 19.1 Å². The van der Waals surface area contributed by atoms with Crippen molar-refractivity contribution in [2.75, 3.05) is 11.9 Å². The molecular formula is C24H30N2O4. The summed E-state index contributed by atoms with van der Waals surface area (Å²) < 4.78 is 5.17. The molecule has 0 saturated carbocycles. The van der Waals surface area contributed by atoms with Crippen molar-refractivity contribution in [3.05, 3.63) is 64.7 Å². The van der Waals surface area contributed by atoms with Gasteiger partial charge in [-0.15, -0.1) is 0 Å². The van der Waals surface area contributed by atoms with E-state index in [9.17, 15) is 14.4 Å². The van der Waals surface area contributed by atoms with E-state index in [-0.39, 0.29) is 12.5 Å². The highest BCUT2D eigenvalue weighted by molar-refractivity contribution is 5.97. The summed E-state index contributed by atoms with van der Waals surface area (Å²) in [6.07, 6.45) is -0.0431. The predicted octanol–water partition coefficient (Wildman–Crippen LogP) is 4.12. The van der Waals surface area contributed by atoms with Gasteiger partial charge in [-0.2, -0.15) is 0 Å². The average molecular weight is 411 g/mol. The number of amides is 2. The molecule has 0 heterocycles. The van der Waals surface area contributed by atoms with Crippen LogP contribution in [0.3, 0.4) is 0 Å². The molecule has 2 rings (SSSR count). The van der Waals surface area contributed by atoms with Gasteiger partial charge in [0.2, 0.25) is 0 Å². The average Bonchev–Trinajstić information content (AvgIpc) is 2.73. The quantitative estimate of drug-likeness (QED) is 0.641. The number of rotatable bonds is 8. The maximum atomic E-state index is 12.5. The van der Waals surface area contributed by atoms with Gasteiger partial charge in [-0.3, -0.25) is 14.4 Å². The van der Waals surface area contributed by atoms with Crippen LogP contribution in [0.5, 0.6) is 0 Å². The fourth-order valence-corrected chi connectivity index (χ4v) is 2.92. The standard InChI is InChI=1S/C24H30N2O4/c1-6-15(2)20-9-7-8-10-21(20)26-23(28)18(5)30-22(27)14-25-24(29)19-12-11-16(3)17(4)13-19/h7-13,15,18H,6,14H2,1-5H3,(H,25,29)(H,26,28)/t15-,18+/m0/s1. The number of anilines is 1. The normalized spacial score (nSPS) is 12.6. The van der Waals surface area contributed by atoms with E-state index in [0.717, 1.165) is 23.1 Å². The van der Waals surface area contributed by atoms with Crippen LogP contribution >= 0.6 is 0 Å². The fourth-order valence-electron chi connectivity index (χ4n) is 2.92. The summed E-state index contributed by atoms with van der Waals surface area (Å²) in [6, 6.07) is 12.9. The smallest absolute Gasteiger partial charge is 0.326 e. The minimum Gasteiger partial charge on any atom is -0.451 e. The highest BCUT2D eigenvalue weighted by Crippen LogP contribution is 2.26. The molecule has 0 unspecified atom stereocenters. The van der Waals surface area contributed by atoms with Crippen LogP contribution in [0.2, 0.25) is 0 Å². The van der Waals surface area contributed by atoms with Crippen LogP contribution in [0, 0.1) is 13.8 Å². The molecule has 6 heteroatoms. The minimum atomic E-state index is -0.985. The van der Waals surface area contributed by atoms with Crippen molar-refractivity contribution in [1.29, 1.82) is 0 Å². The Hall–Kier alpha value is -3.15. The Bertz CT molecular complexity index is 923. The first-order valence-corrected chi connectivity index (χ1v) is 10.2. The van der Waals surface area contributed by atoms with E-state index in [4.69, 9.17) is 4.74 Å². The Morgan fingerprint density at radius 2 is 1.70 bits per heavy atom. The van der Waals surface area contributed by atoms with Gasteiger partial charge >= 0.3 is 5.97 Å².